The SMILES string of the molecule is CCCCCCc1cc(C=C(C)[N+](C)=Nc2cc(C)c(CCCC)c(CCCCCC)c2)cc(-c2ccccc2)c1. The number of aryl methyl sites for hydroxylation is 3. The first-order valence-electron chi connectivity index (χ1n) is 16.4. The van der Waals surface area contributed by atoms with Gasteiger partial charge in [0.25, 0.3) is 0 Å². The first kappa shape index (κ1) is 32.5. The largest absolute Gasteiger partial charge is 0.205 e. The number of unbranched alkanes of at least 4 members (excludes halogenated alkanes) is 7. The quantitative estimate of drug-likeness (QED) is 0.0900. The Hall–Kier alpha value is -3.00. The molecular formula is C39H55N2+. The number of azo groups is 2. The Labute approximate surface area is 251 Å². The molecule has 0 heterocycles. The van der Waals surface area contributed by atoms with Crippen LogP contribution in [0.25, 0.3) is 17.2 Å². The molecule has 3 aromatic rings. The van der Waals surface area contributed by atoms with Crippen molar-refractivity contribution in [3.8, 4) is 11.1 Å². The van der Waals surface area contributed by atoms with Gasteiger partial charge in [0, 0.05) is 13.0 Å². The lowest BCUT2D eigenvalue weighted by Crippen LogP contribution is -2.01. The zero-order valence-electron chi connectivity index (χ0n) is 26.9. The van der Waals surface area contributed by atoms with Gasteiger partial charge < -0.3 is 0 Å². The number of hydrogen-bond donors (Lipinski definition) is 0. The molecule has 2 heteroatoms. The zero-order chi connectivity index (χ0) is 29.5. The number of hydrogen-bond acceptors (Lipinski definition) is 1. The Bertz CT molecular complexity index is 1270. The van der Waals surface area contributed by atoms with Crippen LogP contribution in [0.1, 0.15) is 120 Å². The second kappa shape index (κ2) is 17.7. The van der Waals surface area contributed by atoms with E-state index in [-0.39, 0.29) is 0 Å². The molecule has 2 nitrogen and oxygen atoms in total. The fraction of sp³-hybridized carbons (Fsp3) is 0.487. The monoisotopic (exact) mass is 551 g/mol. The molecule has 0 amide bonds. The maximum atomic E-state index is 5.08. The number of nitrogens with zero attached hydrogens (tertiary/aromatic N) is 2. The summed E-state index contributed by atoms with van der Waals surface area (Å²) in [7, 11) is 2.08. The summed E-state index contributed by atoms with van der Waals surface area (Å²) in [4.78, 5) is 0. The molecule has 3 rings (SSSR count). The molecule has 0 saturated carbocycles. The molecule has 0 fully saturated rings. The smallest absolute Gasteiger partial charge is 0.0909 e. The van der Waals surface area contributed by atoms with E-state index in [1.54, 1.807) is 5.56 Å². The maximum absolute atomic E-state index is 5.08. The van der Waals surface area contributed by atoms with Gasteiger partial charge in [-0.1, -0.05) is 113 Å². The van der Waals surface area contributed by atoms with Crippen LogP contribution in [0.15, 0.2) is 71.5 Å². The minimum absolute atomic E-state index is 1.07. The van der Waals surface area contributed by atoms with E-state index >= 15 is 0 Å². The minimum atomic E-state index is 1.07. The summed E-state index contributed by atoms with van der Waals surface area (Å²) in [5.74, 6) is 0. The van der Waals surface area contributed by atoms with Crippen molar-refractivity contribution in [2.75, 3.05) is 7.05 Å². The van der Waals surface area contributed by atoms with Gasteiger partial charge in [0.15, 0.2) is 7.05 Å². The highest BCUT2D eigenvalue weighted by atomic mass is 15.2. The predicted molar refractivity (Wildman–Crippen MR) is 179 cm³/mol. The molecule has 41 heavy (non-hydrogen) atoms. The van der Waals surface area contributed by atoms with Crippen molar-refractivity contribution in [2.24, 2.45) is 5.11 Å². The lowest BCUT2D eigenvalue weighted by molar-refractivity contribution is -0.510. The molecule has 0 saturated heterocycles. The van der Waals surface area contributed by atoms with Gasteiger partial charge in [-0.15, -0.1) is 0 Å². The second-order valence-corrected chi connectivity index (χ2v) is 11.9. The molecule has 3 aromatic carbocycles. The van der Waals surface area contributed by atoms with Crippen LogP contribution in [0.3, 0.4) is 0 Å². The van der Waals surface area contributed by atoms with Crippen LogP contribution in [0.2, 0.25) is 0 Å². The number of allylic oxidation sites excluding steroid dienone is 1. The fourth-order valence-corrected chi connectivity index (χ4v) is 5.69. The van der Waals surface area contributed by atoms with Crippen LogP contribution in [0.4, 0.5) is 5.69 Å². The van der Waals surface area contributed by atoms with Gasteiger partial charge in [-0.2, -0.15) is 0 Å². The van der Waals surface area contributed by atoms with E-state index in [1.807, 2.05) is 0 Å². The third-order valence-corrected chi connectivity index (χ3v) is 8.22. The standard InChI is InChI=1S/C39H55N2/c1-7-10-13-16-20-33-27-34(29-37(28-33)35-21-18-15-19-22-35)26-32(5)41(6)40-38-25-31(4)39(24-12-9-3)36(30-38)23-17-14-11-8-2/h15,18-19,21-22,25-30H,7-14,16-17,20,23-24H2,1-6H3/q+1. The van der Waals surface area contributed by atoms with Crippen molar-refractivity contribution in [3.05, 3.63) is 94.2 Å². The van der Waals surface area contributed by atoms with Crippen molar-refractivity contribution in [3.63, 3.8) is 0 Å². The highest BCUT2D eigenvalue weighted by Gasteiger charge is 2.12. The Balaban J connectivity index is 1.90. The summed E-state index contributed by atoms with van der Waals surface area (Å²) < 4.78 is 2.05. The molecule has 0 N–H and O–H groups in total. The summed E-state index contributed by atoms with van der Waals surface area (Å²) >= 11 is 0. The Morgan fingerprint density at radius 1 is 0.707 bits per heavy atom. The van der Waals surface area contributed by atoms with Gasteiger partial charge in [-0.05, 0) is 108 Å². The summed E-state index contributed by atoms with van der Waals surface area (Å²) in [6, 6.07) is 22.5. The highest BCUT2D eigenvalue weighted by Crippen LogP contribution is 2.28. The molecule has 0 aromatic heterocycles. The third-order valence-electron chi connectivity index (χ3n) is 8.22. The van der Waals surface area contributed by atoms with Crippen LogP contribution in [0, 0.1) is 6.92 Å². The van der Waals surface area contributed by atoms with Crippen molar-refractivity contribution in [1.82, 2.24) is 0 Å². The maximum Gasteiger partial charge on any atom is 0.205 e. The highest BCUT2D eigenvalue weighted by molar-refractivity contribution is 5.69. The lowest BCUT2D eigenvalue weighted by Gasteiger charge is -2.13. The first-order valence-corrected chi connectivity index (χ1v) is 16.4. The molecule has 0 radical (unpaired) electrons. The van der Waals surface area contributed by atoms with Gasteiger partial charge >= 0.3 is 0 Å². The summed E-state index contributed by atoms with van der Waals surface area (Å²) in [5, 5.41) is 5.08. The van der Waals surface area contributed by atoms with Crippen molar-refractivity contribution < 1.29 is 4.70 Å². The van der Waals surface area contributed by atoms with E-state index in [4.69, 9.17) is 5.11 Å². The molecule has 0 aliphatic carbocycles. The van der Waals surface area contributed by atoms with Crippen molar-refractivity contribution in [1.29, 1.82) is 0 Å². The molecule has 0 atom stereocenters. The third kappa shape index (κ3) is 10.7. The van der Waals surface area contributed by atoms with Crippen LogP contribution in [-0.2, 0) is 19.3 Å². The molecular weight excluding hydrogens is 496 g/mol. The second-order valence-electron chi connectivity index (χ2n) is 11.9. The Morgan fingerprint density at radius 2 is 1.39 bits per heavy atom. The molecule has 220 valence electrons. The van der Waals surface area contributed by atoms with Gasteiger partial charge in [-0.3, -0.25) is 0 Å². The normalized spacial score (nSPS) is 12.2. The number of rotatable bonds is 17. The lowest BCUT2D eigenvalue weighted by atomic mass is 9.93. The topological polar surface area (TPSA) is 15.4 Å². The average molecular weight is 552 g/mol. The zero-order valence-corrected chi connectivity index (χ0v) is 26.9. The van der Waals surface area contributed by atoms with E-state index in [1.165, 1.54) is 104 Å². The summed E-state index contributed by atoms with van der Waals surface area (Å²) in [6.45, 7) is 11.3. The first-order chi connectivity index (χ1) is 19.9. The Morgan fingerprint density at radius 3 is 2.07 bits per heavy atom. The van der Waals surface area contributed by atoms with Gasteiger partial charge in [0.05, 0.1) is 0 Å². The van der Waals surface area contributed by atoms with Crippen LogP contribution >= 0.6 is 0 Å². The van der Waals surface area contributed by atoms with E-state index in [0.717, 1.165) is 24.2 Å². The van der Waals surface area contributed by atoms with Gasteiger partial charge in [0.1, 0.15) is 5.69 Å². The summed E-state index contributed by atoms with van der Waals surface area (Å²) in [6.07, 6.45) is 18.6. The van der Waals surface area contributed by atoms with Gasteiger partial charge in [0.2, 0.25) is 5.70 Å². The number of benzene rings is 3. The van der Waals surface area contributed by atoms with Crippen LogP contribution in [0.5, 0.6) is 0 Å². The van der Waals surface area contributed by atoms with E-state index < -0.39 is 0 Å². The Kier molecular flexibility index (Phi) is 14.1. The van der Waals surface area contributed by atoms with Crippen molar-refractivity contribution in [2.45, 2.75) is 118 Å². The summed E-state index contributed by atoms with van der Waals surface area (Å²) in [5.41, 5.74) is 11.9. The molecule has 0 aliphatic heterocycles. The van der Waals surface area contributed by atoms with E-state index in [2.05, 4.69) is 113 Å². The predicted octanol–water partition coefficient (Wildman–Crippen LogP) is 12.0. The van der Waals surface area contributed by atoms with E-state index in [0.29, 0.717) is 0 Å². The van der Waals surface area contributed by atoms with Crippen LogP contribution in [-0.4, -0.2) is 11.7 Å². The fourth-order valence-electron chi connectivity index (χ4n) is 5.69. The molecule has 0 aliphatic rings. The molecule has 0 unspecified atom stereocenters. The van der Waals surface area contributed by atoms with Crippen molar-refractivity contribution >= 4 is 11.8 Å². The molecule has 0 spiro atoms. The van der Waals surface area contributed by atoms with E-state index in [9.17, 15) is 0 Å². The van der Waals surface area contributed by atoms with Gasteiger partial charge in [-0.25, -0.2) is 0 Å². The minimum Gasteiger partial charge on any atom is -0.0909 e. The average Bonchev–Trinajstić information content (AvgIpc) is 2.97. The molecule has 0 bridgehead atoms. The van der Waals surface area contributed by atoms with Crippen LogP contribution < -0.4 is 0 Å².